The first-order valence-electron chi connectivity index (χ1n) is 5.25. The van der Waals surface area contributed by atoms with Crippen LogP contribution in [0, 0.1) is 12.3 Å². The van der Waals surface area contributed by atoms with Gasteiger partial charge in [0.2, 0.25) is 0 Å². The van der Waals surface area contributed by atoms with E-state index in [1.54, 1.807) is 6.07 Å². The van der Waals surface area contributed by atoms with Gasteiger partial charge in [-0.25, -0.2) is 0 Å². The fourth-order valence-corrected chi connectivity index (χ4v) is 1.61. The molecule has 1 atom stereocenters. The van der Waals surface area contributed by atoms with Crippen LogP contribution in [0.2, 0.25) is 0 Å². The lowest BCUT2D eigenvalue weighted by Gasteiger charge is -2.31. The Bertz CT molecular complexity index is 394. The largest absolute Gasteiger partial charge is 0.505 e. The number of benzene rings is 1. The van der Waals surface area contributed by atoms with E-state index in [0.717, 1.165) is 5.56 Å². The Morgan fingerprint density at radius 3 is 2.35 bits per heavy atom. The number of aliphatic hydroxyl groups is 1. The Morgan fingerprint density at radius 1 is 1.35 bits per heavy atom. The first-order valence-corrected chi connectivity index (χ1v) is 5.25. The Labute approximate surface area is 108 Å². The van der Waals surface area contributed by atoms with E-state index in [4.69, 9.17) is 11.5 Å². The molecule has 0 heterocycles. The minimum Gasteiger partial charge on any atom is -0.505 e. The van der Waals surface area contributed by atoms with E-state index >= 15 is 0 Å². The molecule has 0 saturated heterocycles. The Kier molecular flexibility index (Phi) is 5.26. The van der Waals surface area contributed by atoms with Crippen molar-refractivity contribution in [1.82, 2.24) is 0 Å². The molecule has 4 nitrogen and oxygen atoms in total. The Hall–Kier alpha value is -0.970. The van der Waals surface area contributed by atoms with Crippen molar-refractivity contribution in [3.63, 3.8) is 0 Å². The first-order chi connectivity index (χ1) is 7.31. The lowest BCUT2D eigenvalue weighted by molar-refractivity contribution is 0.131. The Morgan fingerprint density at radius 2 is 1.88 bits per heavy atom. The summed E-state index contributed by atoms with van der Waals surface area (Å²) in [5.74, 6) is 0.0222. The molecule has 0 fully saturated rings. The molecular formula is C12H21ClN2O2. The van der Waals surface area contributed by atoms with Crippen LogP contribution in [-0.2, 0) is 0 Å². The highest BCUT2D eigenvalue weighted by Gasteiger charge is 2.30. The summed E-state index contributed by atoms with van der Waals surface area (Å²) in [6.45, 7) is 5.50. The summed E-state index contributed by atoms with van der Waals surface area (Å²) in [6.07, 6.45) is 0. The van der Waals surface area contributed by atoms with E-state index < -0.39 is 11.5 Å². The molecule has 0 spiro atoms. The van der Waals surface area contributed by atoms with Gasteiger partial charge in [0, 0.05) is 23.6 Å². The number of aromatic hydroxyl groups is 1. The molecule has 0 aliphatic rings. The number of anilines is 1. The van der Waals surface area contributed by atoms with E-state index in [1.165, 1.54) is 0 Å². The molecule has 0 radical (unpaired) electrons. The predicted octanol–water partition coefficient (Wildman–Crippen LogP) is 1.72. The SMILES string of the molecule is Cc1ccc(N)c(O)c1[C@@H](N)C(C)(C)CO.Cl. The number of nitrogens with two attached hydrogens (primary N) is 2. The topological polar surface area (TPSA) is 92.5 Å². The zero-order valence-corrected chi connectivity index (χ0v) is 11.2. The van der Waals surface area contributed by atoms with Crippen molar-refractivity contribution >= 4 is 18.1 Å². The average molecular weight is 261 g/mol. The fraction of sp³-hybridized carbons (Fsp3) is 0.500. The number of hydrogen-bond acceptors (Lipinski definition) is 4. The number of halogens is 1. The molecule has 98 valence electrons. The van der Waals surface area contributed by atoms with E-state index in [2.05, 4.69) is 0 Å². The van der Waals surface area contributed by atoms with Crippen molar-refractivity contribution in [3.05, 3.63) is 23.3 Å². The van der Waals surface area contributed by atoms with Crippen molar-refractivity contribution < 1.29 is 10.2 Å². The predicted molar refractivity (Wildman–Crippen MR) is 72.3 cm³/mol. The van der Waals surface area contributed by atoms with Crippen molar-refractivity contribution in [2.75, 3.05) is 12.3 Å². The number of aliphatic hydroxyl groups excluding tert-OH is 1. The molecule has 1 rings (SSSR count). The van der Waals surface area contributed by atoms with Gasteiger partial charge >= 0.3 is 0 Å². The second-order valence-electron chi connectivity index (χ2n) is 4.86. The van der Waals surface area contributed by atoms with Gasteiger partial charge in [0.25, 0.3) is 0 Å². The molecule has 0 bridgehead atoms. The number of rotatable bonds is 3. The zero-order valence-electron chi connectivity index (χ0n) is 10.4. The summed E-state index contributed by atoms with van der Waals surface area (Å²) in [5, 5.41) is 19.2. The maximum Gasteiger partial charge on any atom is 0.143 e. The molecule has 0 aliphatic heterocycles. The fourth-order valence-electron chi connectivity index (χ4n) is 1.61. The number of phenols is 1. The van der Waals surface area contributed by atoms with Gasteiger partial charge in [0.1, 0.15) is 5.75 Å². The number of hydrogen-bond donors (Lipinski definition) is 4. The van der Waals surface area contributed by atoms with Crippen LogP contribution in [-0.4, -0.2) is 16.8 Å². The van der Waals surface area contributed by atoms with Gasteiger partial charge in [-0.2, -0.15) is 0 Å². The molecule has 6 N–H and O–H groups in total. The molecule has 1 aromatic carbocycles. The molecule has 1 aromatic rings. The summed E-state index contributed by atoms with van der Waals surface area (Å²) < 4.78 is 0. The van der Waals surface area contributed by atoms with E-state index in [-0.39, 0.29) is 24.8 Å². The standard InChI is InChI=1S/C12H20N2O2.ClH/c1-7-4-5-8(13)10(16)9(7)11(14)12(2,3)6-15;/h4-5,11,15-16H,6,13-14H2,1-3H3;1H/t11-;/m1./s1. The van der Waals surface area contributed by atoms with Gasteiger partial charge in [-0.05, 0) is 18.6 Å². The maximum absolute atomic E-state index is 9.92. The van der Waals surface area contributed by atoms with Crippen LogP contribution < -0.4 is 11.5 Å². The van der Waals surface area contributed by atoms with Gasteiger partial charge in [-0.15, -0.1) is 12.4 Å². The van der Waals surface area contributed by atoms with E-state index in [9.17, 15) is 10.2 Å². The highest BCUT2D eigenvalue weighted by atomic mass is 35.5. The average Bonchev–Trinajstić information content (AvgIpc) is 2.24. The monoisotopic (exact) mass is 260 g/mol. The van der Waals surface area contributed by atoms with Crippen LogP contribution in [0.15, 0.2) is 12.1 Å². The van der Waals surface area contributed by atoms with Crippen molar-refractivity contribution in [2.24, 2.45) is 11.1 Å². The van der Waals surface area contributed by atoms with Crippen LogP contribution in [0.1, 0.15) is 31.0 Å². The third-order valence-electron chi connectivity index (χ3n) is 3.03. The number of nitrogen functional groups attached to an aromatic ring is 1. The second kappa shape index (κ2) is 5.58. The summed E-state index contributed by atoms with van der Waals surface area (Å²) in [6, 6.07) is 3.01. The maximum atomic E-state index is 9.92. The summed E-state index contributed by atoms with van der Waals surface area (Å²) in [7, 11) is 0. The van der Waals surface area contributed by atoms with Crippen molar-refractivity contribution in [3.8, 4) is 5.75 Å². The number of phenolic OH excluding ortho intramolecular Hbond substituents is 1. The molecule has 17 heavy (non-hydrogen) atoms. The van der Waals surface area contributed by atoms with Gasteiger partial charge < -0.3 is 21.7 Å². The smallest absolute Gasteiger partial charge is 0.143 e. The second-order valence-corrected chi connectivity index (χ2v) is 4.86. The van der Waals surface area contributed by atoms with Crippen molar-refractivity contribution in [1.29, 1.82) is 0 Å². The van der Waals surface area contributed by atoms with Crippen LogP contribution >= 0.6 is 12.4 Å². The van der Waals surface area contributed by atoms with Gasteiger partial charge in [-0.1, -0.05) is 19.9 Å². The van der Waals surface area contributed by atoms with Crippen LogP contribution in [0.25, 0.3) is 0 Å². The lowest BCUT2D eigenvalue weighted by Crippen LogP contribution is -2.33. The third-order valence-corrected chi connectivity index (χ3v) is 3.03. The minimum atomic E-state index is -0.504. The minimum absolute atomic E-state index is 0. The third kappa shape index (κ3) is 3.03. The quantitative estimate of drug-likeness (QED) is 0.492. The molecule has 5 heteroatoms. The Balaban J connectivity index is 0.00000256. The van der Waals surface area contributed by atoms with E-state index in [1.807, 2.05) is 26.8 Å². The van der Waals surface area contributed by atoms with E-state index in [0.29, 0.717) is 11.3 Å². The van der Waals surface area contributed by atoms with Crippen LogP contribution in [0.3, 0.4) is 0 Å². The van der Waals surface area contributed by atoms with Gasteiger partial charge in [0.05, 0.1) is 5.69 Å². The number of aryl methyl sites for hydroxylation is 1. The van der Waals surface area contributed by atoms with Crippen LogP contribution in [0.4, 0.5) is 5.69 Å². The molecule has 0 aliphatic carbocycles. The lowest BCUT2D eigenvalue weighted by atomic mass is 9.80. The molecule has 0 saturated carbocycles. The van der Waals surface area contributed by atoms with Gasteiger partial charge in [-0.3, -0.25) is 0 Å². The highest BCUT2D eigenvalue weighted by Crippen LogP contribution is 2.39. The molecule has 0 amide bonds. The molecular weight excluding hydrogens is 240 g/mol. The first kappa shape index (κ1) is 16.0. The summed E-state index contributed by atoms with van der Waals surface area (Å²) >= 11 is 0. The molecule has 0 unspecified atom stereocenters. The van der Waals surface area contributed by atoms with Crippen LogP contribution in [0.5, 0.6) is 5.75 Å². The highest BCUT2D eigenvalue weighted by molar-refractivity contribution is 5.85. The normalized spacial score (nSPS) is 13.0. The molecule has 0 aromatic heterocycles. The van der Waals surface area contributed by atoms with Crippen molar-refractivity contribution in [2.45, 2.75) is 26.8 Å². The summed E-state index contributed by atoms with van der Waals surface area (Å²) in [5.41, 5.74) is 13.0. The summed E-state index contributed by atoms with van der Waals surface area (Å²) in [4.78, 5) is 0. The zero-order chi connectivity index (χ0) is 12.5. The van der Waals surface area contributed by atoms with Gasteiger partial charge in [0.15, 0.2) is 0 Å².